The van der Waals surface area contributed by atoms with Crippen LogP contribution in [0.4, 0.5) is 8.78 Å². The van der Waals surface area contributed by atoms with Gasteiger partial charge >= 0.3 is 0 Å². The number of Topliss-reactive ketones (excluding diaryl/α,β-unsaturated/α-hetero) is 1. The van der Waals surface area contributed by atoms with E-state index >= 15 is 0 Å². The van der Waals surface area contributed by atoms with Gasteiger partial charge in [-0.2, -0.15) is 0 Å². The van der Waals surface area contributed by atoms with Crippen molar-refractivity contribution in [2.24, 2.45) is 0 Å². The summed E-state index contributed by atoms with van der Waals surface area (Å²) in [5.41, 5.74) is 0.977. The molecule has 1 aliphatic carbocycles. The molecular weight excluding hydrogens is 380 g/mol. The van der Waals surface area contributed by atoms with Crippen LogP contribution in [0.5, 0.6) is 0 Å². The second kappa shape index (κ2) is 7.77. The first-order chi connectivity index (χ1) is 13.9. The third-order valence-corrected chi connectivity index (χ3v) is 5.48. The quantitative estimate of drug-likeness (QED) is 0.750. The molecule has 0 saturated heterocycles. The summed E-state index contributed by atoms with van der Waals surface area (Å²) in [5.74, 6) is -2.23. The van der Waals surface area contributed by atoms with Crippen molar-refractivity contribution in [2.75, 3.05) is 0 Å². The Labute approximate surface area is 166 Å². The standard InChI is InChI=1S/C21H21F2N3O3/c1-11-18(19(26-29-11)12-6-7-15(22)16(23)8-12)20(27)13-9-17(24-10-13)21(28)25-14-4-2-3-5-14/h6-8,10,14,17,24H,2-5,9H2,1H3,(H,25,28). The van der Waals surface area contributed by atoms with Crippen molar-refractivity contribution in [3.63, 3.8) is 0 Å². The van der Waals surface area contributed by atoms with Crippen molar-refractivity contribution < 1.29 is 22.9 Å². The van der Waals surface area contributed by atoms with Crippen molar-refractivity contribution >= 4 is 11.7 Å². The molecule has 1 fully saturated rings. The zero-order valence-electron chi connectivity index (χ0n) is 15.9. The lowest BCUT2D eigenvalue weighted by atomic mass is 9.96. The van der Waals surface area contributed by atoms with Crippen LogP contribution in [0.25, 0.3) is 11.3 Å². The van der Waals surface area contributed by atoms with E-state index in [1.807, 2.05) is 0 Å². The predicted molar refractivity (Wildman–Crippen MR) is 101 cm³/mol. The first-order valence-electron chi connectivity index (χ1n) is 9.66. The van der Waals surface area contributed by atoms with E-state index in [-0.39, 0.29) is 46.7 Å². The van der Waals surface area contributed by atoms with E-state index in [0.717, 1.165) is 37.8 Å². The Morgan fingerprint density at radius 2 is 1.97 bits per heavy atom. The minimum Gasteiger partial charge on any atom is -0.379 e. The van der Waals surface area contributed by atoms with E-state index in [0.29, 0.717) is 5.57 Å². The number of halogens is 2. The number of aryl methyl sites for hydroxylation is 1. The molecule has 2 aliphatic rings. The second-order valence-electron chi connectivity index (χ2n) is 7.50. The number of carbonyl (C=O) groups excluding carboxylic acids is 2. The second-order valence-corrected chi connectivity index (χ2v) is 7.50. The van der Waals surface area contributed by atoms with Crippen molar-refractivity contribution in [1.29, 1.82) is 0 Å². The molecule has 152 valence electrons. The van der Waals surface area contributed by atoms with Gasteiger partial charge < -0.3 is 15.2 Å². The normalized spacial score (nSPS) is 19.1. The Morgan fingerprint density at radius 3 is 2.69 bits per heavy atom. The number of nitrogens with one attached hydrogen (secondary N) is 2. The molecule has 0 radical (unpaired) electrons. The van der Waals surface area contributed by atoms with Gasteiger partial charge in [0.05, 0.1) is 5.56 Å². The van der Waals surface area contributed by atoms with Crippen LogP contribution in [-0.2, 0) is 4.79 Å². The molecule has 0 spiro atoms. The monoisotopic (exact) mass is 401 g/mol. The number of amides is 1. The van der Waals surface area contributed by atoms with E-state index in [2.05, 4.69) is 15.8 Å². The summed E-state index contributed by atoms with van der Waals surface area (Å²) in [5, 5.41) is 9.84. The van der Waals surface area contributed by atoms with Gasteiger partial charge in [-0.25, -0.2) is 8.78 Å². The largest absolute Gasteiger partial charge is 0.379 e. The number of aromatic nitrogens is 1. The Kier molecular flexibility index (Phi) is 5.17. The van der Waals surface area contributed by atoms with Gasteiger partial charge in [0.1, 0.15) is 17.5 Å². The average molecular weight is 401 g/mol. The first-order valence-corrected chi connectivity index (χ1v) is 9.66. The van der Waals surface area contributed by atoms with Crippen molar-refractivity contribution in [1.82, 2.24) is 15.8 Å². The van der Waals surface area contributed by atoms with Gasteiger partial charge in [0, 0.05) is 29.8 Å². The fourth-order valence-electron chi connectivity index (χ4n) is 3.88. The van der Waals surface area contributed by atoms with Gasteiger partial charge in [-0.05, 0) is 38.0 Å². The maximum atomic E-state index is 13.6. The minimum atomic E-state index is -1.04. The molecule has 1 saturated carbocycles. The maximum absolute atomic E-state index is 13.6. The highest BCUT2D eigenvalue weighted by Crippen LogP contribution is 2.30. The zero-order valence-corrected chi connectivity index (χ0v) is 15.9. The maximum Gasteiger partial charge on any atom is 0.243 e. The number of hydrogen-bond acceptors (Lipinski definition) is 5. The van der Waals surface area contributed by atoms with Crippen molar-refractivity contribution in [3.8, 4) is 11.3 Å². The van der Waals surface area contributed by atoms with Crippen LogP contribution in [0.15, 0.2) is 34.5 Å². The minimum absolute atomic E-state index is 0.126. The molecule has 1 atom stereocenters. The zero-order chi connectivity index (χ0) is 20.5. The van der Waals surface area contributed by atoms with Crippen LogP contribution < -0.4 is 10.6 Å². The van der Waals surface area contributed by atoms with E-state index in [9.17, 15) is 18.4 Å². The summed E-state index contributed by atoms with van der Waals surface area (Å²) >= 11 is 0. The van der Waals surface area contributed by atoms with Gasteiger partial charge in [0.2, 0.25) is 5.91 Å². The molecule has 1 aromatic carbocycles. The third-order valence-electron chi connectivity index (χ3n) is 5.48. The summed E-state index contributed by atoms with van der Waals surface area (Å²) in [7, 11) is 0. The molecule has 1 aliphatic heterocycles. The molecule has 0 bridgehead atoms. The fraction of sp³-hybridized carbons (Fsp3) is 0.381. The van der Waals surface area contributed by atoms with Crippen LogP contribution in [0, 0.1) is 18.6 Å². The Balaban J connectivity index is 1.51. The lowest BCUT2D eigenvalue weighted by molar-refractivity contribution is -0.123. The number of nitrogens with zero attached hydrogens (tertiary/aromatic N) is 1. The number of ketones is 1. The molecule has 2 heterocycles. The molecule has 1 amide bonds. The highest BCUT2D eigenvalue weighted by atomic mass is 19.2. The van der Waals surface area contributed by atoms with Gasteiger partial charge in [-0.1, -0.05) is 18.0 Å². The summed E-state index contributed by atoms with van der Waals surface area (Å²) in [6.45, 7) is 1.58. The Bertz CT molecular complexity index is 993. The summed E-state index contributed by atoms with van der Waals surface area (Å²) in [4.78, 5) is 25.5. The Morgan fingerprint density at radius 1 is 1.21 bits per heavy atom. The summed E-state index contributed by atoms with van der Waals surface area (Å²) in [6.07, 6.45) is 5.96. The topological polar surface area (TPSA) is 84.2 Å². The van der Waals surface area contributed by atoms with Crippen molar-refractivity contribution in [3.05, 3.63) is 52.9 Å². The first kappa shape index (κ1) is 19.3. The molecule has 4 rings (SSSR count). The van der Waals surface area contributed by atoms with Crippen molar-refractivity contribution in [2.45, 2.75) is 51.1 Å². The fourth-order valence-corrected chi connectivity index (χ4v) is 3.88. The van der Waals surface area contributed by atoms with E-state index < -0.39 is 17.7 Å². The molecular formula is C21H21F2N3O3. The van der Waals surface area contributed by atoms with Crippen LogP contribution in [0.1, 0.15) is 48.2 Å². The molecule has 2 N–H and O–H groups in total. The molecule has 1 aromatic heterocycles. The van der Waals surface area contributed by atoms with E-state index in [1.165, 1.54) is 12.3 Å². The van der Waals surface area contributed by atoms with Crippen LogP contribution in [-0.4, -0.2) is 28.9 Å². The van der Waals surface area contributed by atoms with Gasteiger partial charge in [0.25, 0.3) is 0 Å². The van der Waals surface area contributed by atoms with Crippen LogP contribution in [0.2, 0.25) is 0 Å². The predicted octanol–water partition coefficient (Wildman–Crippen LogP) is 3.42. The molecule has 2 aromatic rings. The lowest BCUT2D eigenvalue weighted by Gasteiger charge is -2.16. The van der Waals surface area contributed by atoms with Crippen LogP contribution >= 0.6 is 0 Å². The molecule has 8 heteroatoms. The molecule has 6 nitrogen and oxygen atoms in total. The average Bonchev–Trinajstić information content (AvgIpc) is 3.44. The van der Waals surface area contributed by atoms with Gasteiger partial charge in [-0.3, -0.25) is 9.59 Å². The van der Waals surface area contributed by atoms with Gasteiger partial charge in [-0.15, -0.1) is 0 Å². The highest BCUT2D eigenvalue weighted by Gasteiger charge is 2.32. The summed E-state index contributed by atoms with van der Waals surface area (Å²) < 4.78 is 32.0. The molecule has 29 heavy (non-hydrogen) atoms. The smallest absolute Gasteiger partial charge is 0.243 e. The SMILES string of the molecule is Cc1onc(-c2ccc(F)c(F)c2)c1C(=O)C1=CNC(C(=O)NC2CCCC2)C1. The number of hydrogen-bond donors (Lipinski definition) is 2. The third kappa shape index (κ3) is 3.79. The van der Waals surface area contributed by atoms with Gasteiger partial charge in [0.15, 0.2) is 17.4 Å². The van der Waals surface area contributed by atoms with Crippen LogP contribution in [0.3, 0.4) is 0 Å². The molecule has 1 unspecified atom stereocenters. The summed E-state index contributed by atoms with van der Waals surface area (Å²) in [6, 6.07) is 2.97. The van der Waals surface area contributed by atoms with E-state index in [1.54, 1.807) is 6.92 Å². The van der Waals surface area contributed by atoms with E-state index in [4.69, 9.17) is 4.52 Å². The number of carbonyl (C=O) groups is 2. The highest BCUT2D eigenvalue weighted by molar-refractivity contribution is 6.13. The number of rotatable bonds is 5. The lowest BCUT2D eigenvalue weighted by Crippen LogP contribution is -2.44. The Hall–Kier alpha value is -3.03. The number of benzene rings is 1.